The van der Waals surface area contributed by atoms with Crippen LogP contribution in [0.25, 0.3) is 0 Å². The lowest BCUT2D eigenvalue weighted by atomic mass is 9.97. The van der Waals surface area contributed by atoms with Gasteiger partial charge in [0.15, 0.2) is 11.6 Å². The molecule has 1 aliphatic heterocycles. The molecule has 6 heteroatoms. The van der Waals surface area contributed by atoms with Crippen LogP contribution in [-0.4, -0.2) is 49.4 Å². The van der Waals surface area contributed by atoms with Gasteiger partial charge < -0.3 is 19.7 Å². The van der Waals surface area contributed by atoms with Crippen molar-refractivity contribution in [3.8, 4) is 5.75 Å². The molecule has 150 valence electrons. The fourth-order valence-corrected chi connectivity index (χ4v) is 3.76. The van der Waals surface area contributed by atoms with Gasteiger partial charge in [-0.25, -0.2) is 9.18 Å². The van der Waals surface area contributed by atoms with E-state index in [1.54, 1.807) is 11.0 Å². The van der Waals surface area contributed by atoms with Gasteiger partial charge in [0.2, 0.25) is 0 Å². The molecule has 1 N–H and O–H groups in total. The molecule has 1 aromatic rings. The van der Waals surface area contributed by atoms with Gasteiger partial charge in [0.05, 0.1) is 7.11 Å². The average molecular weight is 378 g/mol. The summed E-state index contributed by atoms with van der Waals surface area (Å²) in [6, 6.07) is 5.51. The number of hydrogen-bond donors (Lipinski definition) is 1. The van der Waals surface area contributed by atoms with Gasteiger partial charge in [0.1, 0.15) is 5.60 Å². The second kappa shape index (κ2) is 8.05. The molecule has 2 fully saturated rings. The van der Waals surface area contributed by atoms with E-state index in [0.29, 0.717) is 23.6 Å². The fourth-order valence-electron chi connectivity index (χ4n) is 3.76. The summed E-state index contributed by atoms with van der Waals surface area (Å²) in [7, 11) is 1.52. The van der Waals surface area contributed by atoms with Crippen LogP contribution in [0.4, 0.5) is 9.18 Å². The number of amides is 1. The number of benzene rings is 1. The van der Waals surface area contributed by atoms with Crippen molar-refractivity contribution in [1.82, 2.24) is 10.2 Å². The molecule has 0 unspecified atom stereocenters. The third kappa shape index (κ3) is 5.12. The lowest BCUT2D eigenvalue weighted by Crippen LogP contribution is -2.43. The predicted molar refractivity (Wildman–Crippen MR) is 103 cm³/mol. The van der Waals surface area contributed by atoms with Crippen LogP contribution in [0, 0.1) is 11.7 Å². The van der Waals surface area contributed by atoms with Crippen molar-refractivity contribution in [1.29, 1.82) is 0 Å². The number of rotatable bonds is 5. The van der Waals surface area contributed by atoms with Crippen LogP contribution in [0.2, 0.25) is 0 Å². The van der Waals surface area contributed by atoms with Gasteiger partial charge in [-0.05, 0) is 58.6 Å². The van der Waals surface area contributed by atoms with Gasteiger partial charge in [-0.2, -0.15) is 0 Å². The molecule has 1 heterocycles. The molecule has 27 heavy (non-hydrogen) atoms. The Balaban J connectivity index is 1.42. The van der Waals surface area contributed by atoms with Crippen molar-refractivity contribution >= 4 is 6.09 Å². The van der Waals surface area contributed by atoms with E-state index in [-0.39, 0.29) is 11.9 Å². The van der Waals surface area contributed by atoms with E-state index in [2.05, 4.69) is 5.32 Å². The number of halogens is 1. The Morgan fingerprint density at radius 3 is 2.63 bits per heavy atom. The zero-order chi connectivity index (χ0) is 19.6. The van der Waals surface area contributed by atoms with Gasteiger partial charge in [0.25, 0.3) is 0 Å². The number of carbonyl (C=O) groups excluding carboxylic acids is 1. The number of nitrogens with zero attached hydrogens (tertiary/aromatic N) is 1. The number of para-hydroxylation sites is 1. The standard InChI is InChI=1S/C21H31FN2O3/c1-21(2,3)27-20(25)24-10-8-14(9-11-24)13-23-18-12-16(18)15-6-5-7-17(22)19(15)26-4/h5-7,14,16,18,23H,8-13H2,1-4H3/t16-,18+/m0/s1. The first kappa shape index (κ1) is 19.9. The van der Waals surface area contributed by atoms with Crippen LogP contribution in [0.1, 0.15) is 51.5 Å². The number of methoxy groups -OCH3 is 1. The van der Waals surface area contributed by atoms with Crippen LogP contribution in [0.15, 0.2) is 18.2 Å². The first-order valence-corrected chi connectivity index (χ1v) is 9.82. The summed E-state index contributed by atoms with van der Waals surface area (Å²) in [5.74, 6) is 0.949. The Morgan fingerprint density at radius 1 is 1.30 bits per heavy atom. The maximum absolute atomic E-state index is 13.9. The van der Waals surface area contributed by atoms with E-state index >= 15 is 0 Å². The highest BCUT2D eigenvalue weighted by atomic mass is 19.1. The number of likely N-dealkylation sites (tertiary alicyclic amines) is 1. The van der Waals surface area contributed by atoms with Gasteiger partial charge >= 0.3 is 6.09 Å². The number of nitrogens with one attached hydrogen (secondary N) is 1. The topological polar surface area (TPSA) is 50.8 Å². The first-order valence-electron chi connectivity index (χ1n) is 9.82. The largest absolute Gasteiger partial charge is 0.493 e. The summed E-state index contributed by atoms with van der Waals surface area (Å²) in [4.78, 5) is 13.9. The Bertz CT molecular complexity index is 666. The smallest absolute Gasteiger partial charge is 0.410 e. The van der Waals surface area contributed by atoms with Crippen LogP contribution >= 0.6 is 0 Å². The van der Waals surface area contributed by atoms with E-state index in [0.717, 1.165) is 44.5 Å². The average Bonchev–Trinajstić information content (AvgIpc) is 3.38. The molecule has 0 aromatic heterocycles. The van der Waals surface area contributed by atoms with E-state index in [1.807, 2.05) is 26.8 Å². The van der Waals surface area contributed by atoms with Crippen molar-refractivity contribution in [3.63, 3.8) is 0 Å². The maximum Gasteiger partial charge on any atom is 0.410 e. The summed E-state index contributed by atoms with van der Waals surface area (Å²) in [6.45, 7) is 8.09. The van der Waals surface area contributed by atoms with E-state index in [1.165, 1.54) is 13.2 Å². The Labute approximate surface area is 161 Å². The zero-order valence-corrected chi connectivity index (χ0v) is 16.8. The Hall–Kier alpha value is -1.82. The van der Waals surface area contributed by atoms with E-state index in [9.17, 15) is 9.18 Å². The van der Waals surface area contributed by atoms with Gasteiger partial charge in [-0.15, -0.1) is 0 Å². The Morgan fingerprint density at radius 2 is 2.00 bits per heavy atom. The summed E-state index contributed by atoms with van der Waals surface area (Å²) >= 11 is 0. The fraction of sp³-hybridized carbons (Fsp3) is 0.667. The van der Waals surface area contributed by atoms with Crippen molar-refractivity contribution in [3.05, 3.63) is 29.6 Å². The van der Waals surface area contributed by atoms with Crippen molar-refractivity contribution in [2.75, 3.05) is 26.7 Å². The van der Waals surface area contributed by atoms with Gasteiger partial charge in [-0.1, -0.05) is 12.1 Å². The van der Waals surface area contributed by atoms with Crippen molar-refractivity contribution in [2.45, 2.75) is 57.6 Å². The third-order valence-corrected chi connectivity index (χ3v) is 5.33. The molecule has 0 radical (unpaired) electrons. The summed E-state index contributed by atoms with van der Waals surface area (Å²) < 4.78 is 24.5. The molecule has 1 saturated carbocycles. The van der Waals surface area contributed by atoms with Crippen molar-refractivity contribution < 1.29 is 18.7 Å². The second-order valence-corrected chi connectivity index (χ2v) is 8.63. The van der Waals surface area contributed by atoms with Crippen LogP contribution in [0.5, 0.6) is 5.75 Å². The lowest BCUT2D eigenvalue weighted by Gasteiger charge is -2.33. The molecule has 1 saturated heterocycles. The van der Waals surface area contributed by atoms with Crippen LogP contribution in [-0.2, 0) is 4.74 Å². The maximum atomic E-state index is 13.9. The minimum atomic E-state index is -0.450. The molecule has 2 atom stereocenters. The molecule has 5 nitrogen and oxygen atoms in total. The summed E-state index contributed by atoms with van der Waals surface area (Å²) in [6.07, 6.45) is 2.76. The molecule has 2 aliphatic rings. The highest BCUT2D eigenvalue weighted by Gasteiger charge is 2.40. The van der Waals surface area contributed by atoms with Crippen molar-refractivity contribution in [2.24, 2.45) is 5.92 Å². The summed E-state index contributed by atoms with van der Waals surface area (Å²) in [5, 5.41) is 3.62. The first-order chi connectivity index (χ1) is 12.8. The number of carbonyl (C=O) groups is 1. The minimum absolute atomic E-state index is 0.214. The van der Waals surface area contributed by atoms with Gasteiger partial charge in [-0.3, -0.25) is 0 Å². The third-order valence-electron chi connectivity index (χ3n) is 5.33. The molecular formula is C21H31FN2O3. The zero-order valence-electron chi connectivity index (χ0n) is 16.8. The monoisotopic (exact) mass is 378 g/mol. The highest BCUT2D eigenvalue weighted by Crippen LogP contribution is 2.45. The SMILES string of the molecule is COc1c(F)cccc1[C@@H]1C[C@H]1NCC1CCN(C(=O)OC(C)(C)C)CC1. The molecule has 1 amide bonds. The molecule has 1 aliphatic carbocycles. The van der Waals surface area contributed by atoms with Crippen LogP contribution < -0.4 is 10.1 Å². The normalized spacial score (nSPS) is 23.2. The quantitative estimate of drug-likeness (QED) is 0.844. The molecule has 0 bridgehead atoms. The van der Waals surface area contributed by atoms with E-state index < -0.39 is 5.60 Å². The molecule has 1 aromatic carbocycles. The number of ether oxygens (including phenoxy) is 2. The van der Waals surface area contributed by atoms with E-state index in [4.69, 9.17) is 9.47 Å². The van der Waals surface area contributed by atoms with Crippen LogP contribution in [0.3, 0.4) is 0 Å². The predicted octanol–water partition coefficient (Wildman–Crippen LogP) is 3.93. The summed E-state index contributed by atoms with van der Waals surface area (Å²) in [5.41, 5.74) is 0.504. The molecular weight excluding hydrogens is 347 g/mol. The molecule has 3 rings (SSSR count). The molecule has 0 spiro atoms. The highest BCUT2D eigenvalue weighted by molar-refractivity contribution is 5.68. The second-order valence-electron chi connectivity index (χ2n) is 8.63. The number of piperidine rings is 1. The number of hydrogen-bond acceptors (Lipinski definition) is 4. The lowest BCUT2D eigenvalue weighted by molar-refractivity contribution is 0.0184. The minimum Gasteiger partial charge on any atom is -0.493 e. The Kier molecular flexibility index (Phi) is 5.94. The van der Waals surface area contributed by atoms with Gasteiger partial charge in [0, 0.05) is 30.6 Å².